The van der Waals surface area contributed by atoms with Gasteiger partial charge in [-0.2, -0.15) is 0 Å². The lowest BCUT2D eigenvalue weighted by molar-refractivity contribution is 0.00865. The fourth-order valence-corrected chi connectivity index (χ4v) is 5.64. The van der Waals surface area contributed by atoms with Crippen molar-refractivity contribution in [3.63, 3.8) is 0 Å². The first-order valence-corrected chi connectivity index (χ1v) is 12.2. The summed E-state index contributed by atoms with van der Waals surface area (Å²) in [5, 5.41) is 2.51. The van der Waals surface area contributed by atoms with Gasteiger partial charge in [0.15, 0.2) is 0 Å². The van der Waals surface area contributed by atoms with Crippen LogP contribution in [0.15, 0.2) is 35.2 Å². The van der Waals surface area contributed by atoms with Crippen molar-refractivity contribution >= 4 is 34.5 Å². The predicted molar refractivity (Wildman–Crippen MR) is 122 cm³/mol. The van der Waals surface area contributed by atoms with E-state index >= 15 is 0 Å². The van der Waals surface area contributed by atoms with E-state index in [-0.39, 0.29) is 17.6 Å². The van der Waals surface area contributed by atoms with Crippen molar-refractivity contribution in [1.29, 1.82) is 0 Å². The topological polar surface area (TPSA) is 69.6 Å². The number of hydrogen-bond acceptors (Lipinski definition) is 7. The lowest BCUT2D eigenvalue weighted by atomic mass is 10.1. The van der Waals surface area contributed by atoms with E-state index in [0.29, 0.717) is 48.5 Å². The van der Waals surface area contributed by atoms with Gasteiger partial charge >= 0.3 is 0 Å². The zero-order chi connectivity index (χ0) is 22.2. The molecule has 0 atom stereocenters. The second-order valence-electron chi connectivity index (χ2n) is 8.01. The molecule has 3 aromatic rings. The second-order valence-corrected chi connectivity index (χ2v) is 9.72. The fourth-order valence-electron chi connectivity index (χ4n) is 4.08. The highest BCUT2D eigenvalue weighted by Gasteiger charge is 2.38. The van der Waals surface area contributed by atoms with Gasteiger partial charge in [0.05, 0.1) is 11.2 Å². The Kier molecular flexibility index (Phi) is 5.75. The summed E-state index contributed by atoms with van der Waals surface area (Å²) in [7, 11) is 0. The Bertz CT molecular complexity index is 1120. The first-order valence-electron chi connectivity index (χ1n) is 10.4. The second kappa shape index (κ2) is 8.68. The molecule has 7 nitrogen and oxygen atoms in total. The van der Waals surface area contributed by atoms with E-state index in [1.54, 1.807) is 23.0 Å². The van der Waals surface area contributed by atoms with Crippen LogP contribution in [-0.2, 0) is 0 Å². The van der Waals surface area contributed by atoms with Gasteiger partial charge in [0.2, 0.25) is 0 Å². The Labute approximate surface area is 193 Å². The molecule has 2 aliphatic rings. The number of likely N-dealkylation sites (tertiary alicyclic amines) is 1. The number of hydrogen-bond donors (Lipinski definition) is 0. The van der Waals surface area contributed by atoms with Gasteiger partial charge < -0.3 is 9.80 Å². The monoisotopic (exact) mass is 471 g/mol. The Hall–Kier alpha value is -2.69. The molecule has 0 unspecified atom stereocenters. The van der Waals surface area contributed by atoms with Crippen molar-refractivity contribution in [1.82, 2.24) is 24.7 Å². The maximum atomic E-state index is 13.2. The summed E-state index contributed by atoms with van der Waals surface area (Å²) in [5.41, 5.74) is 3.71. The molecule has 2 aromatic heterocycles. The summed E-state index contributed by atoms with van der Waals surface area (Å²) in [4.78, 5) is 40.8. The number of nitrogens with zero attached hydrogens (tertiary/aromatic N) is 5. The molecule has 0 radical (unpaired) electrons. The van der Waals surface area contributed by atoms with Crippen molar-refractivity contribution in [2.45, 2.75) is 13.0 Å². The van der Waals surface area contributed by atoms with Crippen molar-refractivity contribution in [2.75, 3.05) is 39.3 Å². The van der Waals surface area contributed by atoms with Gasteiger partial charge in [-0.3, -0.25) is 14.5 Å². The molecule has 2 aliphatic heterocycles. The average molecular weight is 472 g/mol. The molecule has 2 amide bonds. The minimum absolute atomic E-state index is 0.00181. The standard InChI is InChI=1S/C22H22FN5O2S2/c1-14-19(32-20(25-14)15-2-4-16(23)5-3-15)22(30)28-10-17(11-28)26-6-8-27(9-7-26)21(29)18-12-31-13-24-18/h2-5,12-13,17H,6-11H2,1H3. The van der Waals surface area contributed by atoms with Gasteiger partial charge in [-0.05, 0) is 31.2 Å². The molecule has 0 aliphatic carbocycles. The predicted octanol–water partition coefficient (Wildman–Crippen LogP) is 3.00. The highest BCUT2D eigenvalue weighted by atomic mass is 32.1. The van der Waals surface area contributed by atoms with E-state index in [0.717, 1.165) is 23.7 Å². The van der Waals surface area contributed by atoms with Crippen molar-refractivity contribution in [3.8, 4) is 10.6 Å². The summed E-state index contributed by atoms with van der Waals surface area (Å²) in [5.74, 6) is -0.297. The molecule has 2 saturated heterocycles. The third-order valence-corrected chi connectivity index (χ3v) is 7.78. The molecule has 2 fully saturated rings. The van der Waals surface area contributed by atoms with Gasteiger partial charge in [0.25, 0.3) is 11.8 Å². The average Bonchev–Trinajstić information content (AvgIpc) is 3.43. The summed E-state index contributed by atoms with van der Waals surface area (Å²) in [6, 6.07) is 6.48. The number of rotatable bonds is 4. The molecule has 0 saturated carbocycles. The molecule has 5 rings (SSSR count). The number of aryl methyl sites for hydroxylation is 1. The quantitative estimate of drug-likeness (QED) is 0.585. The number of halogens is 1. The van der Waals surface area contributed by atoms with E-state index in [2.05, 4.69) is 14.9 Å². The van der Waals surface area contributed by atoms with E-state index < -0.39 is 0 Å². The highest BCUT2D eigenvalue weighted by molar-refractivity contribution is 7.17. The summed E-state index contributed by atoms with van der Waals surface area (Å²) < 4.78 is 13.2. The number of aromatic nitrogens is 2. The lowest BCUT2D eigenvalue weighted by Crippen LogP contribution is -2.64. The number of thiazole rings is 2. The summed E-state index contributed by atoms with van der Waals surface area (Å²) in [6.07, 6.45) is 0. The number of carbonyl (C=O) groups is 2. The lowest BCUT2D eigenvalue weighted by Gasteiger charge is -2.48. The van der Waals surface area contributed by atoms with Crippen LogP contribution in [0, 0.1) is 12.7 Å². The van der Waals surface area contributed by atoms with Crippen LogP contribution in [0.2, 0.25) is 0 Å². The molecule has 4 heterocycles. The van der Waals surface area contributed by atoms with Crippen LogP contribution in [0.3, 0.4) is 0 Å². The summed E-state index contributed by atoms with van der Waals surface area (Å²) in [6.45, 7) is 6.16. The molecule has 166 valence electrons. The van der Waals surface area contributed by atoms with Crippen molar-refractivity contribution < 1.29 is 14.0 Å². The Balaban J connectivity index is 1.15. The number of piperazine rings is 1. The van der Waals surface area contributed by atoms with Crippen LogP contribution < -0.4 is 0 Å². The van der Waals surface area contributed by atoms with Gasteiger partial charge in [-0.1, -0.05) is 0 Å². The third kappa shape index (κ3) is 4.05. The van der Waals surface area contributed by atoms with Crippen LogP contribution in [-0.4, -0.2) is 81.8 Å². The molecule has 0 bridgehead atoms. The molecule has 0 N–H and O–H groups in total. The third-order valence-electron chi connectivity index (χ3n) is 6.00. The first kappa shape index (κ1) is 21.2. The van der Waals surface area contributed by atoms with E-state index in [1.165, 1.54) is 34.8 Å². The van der Waals surface area contributed by atoms with Crippen LogP contribution in [0.1, 0.15) is 25.9 Å². The Morgan fingerprint density at radius 1 is 1.03 bits per heavy atom. The minimum atomic E-state index is -0.293. The van der Waals surface area contributed by atoms with Crippen LogP contribution in [0.4, 0.5) is 4.39 Å². The molecule has 1 aromatic carbocycles. The van der Waals surface area contributed by atoms with Gasteiger partial charge in [0, 0.05) is 56.3 Å². The van der Waals surface area contributed by atoms with Gasteiger partial charge in [0.1, 0.15) is 21.4 Å². The highest BCUT2D eigenvalue weighted by Crippen LogP contribution is 2.30. The minimum Gasteiger partial charge on any atom is -0.335 e. The summed E-state index contributed by atoms with van der Waals surface area (Å²) >= 11 is 2.78. The fraction of sp³-hybridized carbons (Fsp3) is 0.364. The molecule has 0 spiro atoms. The molecular weight excluding hydrogens is 449 g/mol. The number of benzene rings is 1. The molecular formula is C22H22FN5O2S2. The largest absolute Gasteiger partial charge is 0.335 e. The maximum Gasteiger partial charge on any atom is 0.273 e. The van der Waals surface area contributed by atoms with Crippen molar-refractivity contribution in [2.24, 2.45) is 0 Å². The Morgan fingerprint density at radius 2 is 1.75 bits per heavy atom. The first-order chi connectivity index (χ1) is 15.5. The van der Waals surface area contributed by atoms with Crippen LogP contribution >= 0.6 is 22.7 Å². The maximum absolute atomic E-state index is 13.2. The van der Waals surface area contributed by atoms with Crippen LogP contribution in [0.25, 0.3) is 10.6 Å². The molecule has 32 heavy (non-hydrogen) atoms. The van der Waals surface area contributed by atoms with E-state index in [9.17, 15) is 14.0 Å². The van der Waals surface area contributed by atoms with E-state index in [4.69, 9.17) is 0 Å². The van der Waals surface area contributed by atoms with Crippen molar-refractivity contribution in [3.05, 3.63) is 57.2 Å². The zero-order valence-corrected chi connectivity index (χ0v) is 19.2. The van der Waals surface area contributed by atoms with E-state index in [1.807, 2.05) is 16.7 Å². The van der Waals surface area contributed by atoms with Gasteiger partial charge in [-0.25, -0.2) is 14.4 Å². The zero-order valence-electron chi connectivity index (χ0n) is 17.5. The number of amides is 2. The normalized spacial score (nSPS) is 17.4. The smallest absolute Gasteiger partial charge is 0.273 e. The van der Waals surface area contributed by atoms with Gasteiger partial charge in [-0.15, -0.1) is 22.7 Å². The SMILES string of the molecule is Cc1nc(-c2ccc(F)cc2)sc1C(=O)N1CC(N2CCN(C(=O)c3cscn3)CC2)C1. The molecule has 10 heteroatoms. The number of carbonyl (C=O) groups excluding carboxylic acids is 2. The van der Waals surface area contributed by atoms with Crippen LogP contribution in [0.5, 0.6) is 0 Å². The Morgan fingerprint density at radius 3 is 2.41 bits per heavy atom.